The van der Waals surface area contributed by atoms with Gasteiger partial charge in [-0.05, 0) is 50.2 Å². The summed E-state index contributed by atoms with van der Waals surface area (Å²) >= 11 is 0. The first kappa shape index (κ1) is 21.9. The van der Waals surface area contributed by atoms with Crippen molar-refractivity contribution in [3.8, 4) is 0 Å². The number of carbonyl (C=O) groups excluding carboxylic acids is 2. The number of para-hydroxylation sites is 4. The van der Waals surface area contributed by atoms with Gasteiger partial charge in [-0.1, -0.05) is 48.5 Å². The standard InChI is InChI=1S/C28H28N4O2/c1-20(2)32(23-13-7-4-8-14-23)27(34)19-31-25-16-10-9-15-24(25)29-28(31)21-17-26(33)30(18-21)22-11-5-3-6-12-22/h3-16,20-21H,17-19H2,1-2H3. The lowest BCUT2D eigenvalue weighted by atomic mass is 10.1. The van der Waals surface area contributed by atoms with Crippen LogP contribution in [0.2, 0.25) is 0 Å². The number of fused-ring (bicyclic) bond motifs is 1. The van der Waals surface area contributed by atoms with Crippen molar-refractivity contribution in [2.45, 2.75) is 38.8 Å². The number of carbonyl (C=O) groups is 2. The van der Waals surface area contributed by atoms with Crippen LogP contribution in [0.15, 0.2) is 84.9 Å². The van der Waals surface area contributed by atoms with E-state index in [4.69, 9.17) is 4.98 Å². The summed E-state index contributed by atoms with van der Waals surface area (Å²) in [5.41, 5.74) is 3.52. The lowest BCUT2D eigenvalue weighted by Crippen LogP contribution is -2.39. The molecule has 1 saturated heterocycles. The Morgan fingerprint density at radius 1 is 0.971 bits per heavy atom. The van der Waals surface area contributed by atoms with Crippen molar-refractivity contribution in [3.63, 3.8) is 0 Å². The molecule has 0 radical (unpaired) electrons. The number of anilines is 2. The fourth-order valence-corrected chi connectivity index (χ4v) is 4.84. The van der Waals surface area contributed by atoms with Crippen molar-refractivity contribution < 1.29 is 9.59 Å². The fraction of sp³-hybridized carbons (Fsp3) is 0.250. The van der Waals surface area contributed by atoms with Crippen LogP contribution in [0.5, 0.6) is 0 Å². The Labute approximate surface area is 199 Å². The topological polar surface area (TPSA) is 58.4 Å². The van der Waals surface area contributed by atoms with Gasteiger partial charge >= 0.3 is 0 Å². The van der Waals surface area contributed by atoms with Gasteiger partial charge in [0.15, 0.2) is 0 Å². The van der Waals surface area contributed by atoms with Crippen molar-refractivity contribution in [1.29, 1.82) is 0 Å². The number of benzene rings is 3. The van der Waals surface area contributed by atoms with E-state index in [1.54, 1.807) is 0 Å². The minimum atomic E-state index is -0.0860. The number of amides is 2. The lowest BCUT2D eigenvalue weighted by Gasteiger charge is -2.27. The summed E-state index contributed by atoms with van der Waals surface area (Å²) in [7, 11) is 0. The molecule has 1 aromatic heterocycles. The van der Waals surface area contributed by atoms with Gasteiger partial charge in [-0.15, -0.1) is 0 Å². The van der Waals surface area contributed by atoms with Gasteiger partial charge in [0.1, 0.15) is 12.4 Å². The highest BCUT2D eigenvalue weighted by atomic mass is 16.2. The molecule has 0 spiro atoms. The largest absolute Gasteiger partial charge is 0.318 e. The van der Waals surface area contributed by atoms with Crippen LogP contribution in [-0.4, -0.2) is 34.0 Å². The zero-order valence-corrected chi connectivity index (χ0v) is 19.5. The Morgan fingerprint density at radius 3 is 2.32 bits per heavy atom. The highest BCUT2D eigenvalue weighted by Gasteiger charge is 2.35. The molecule has 2 amide bonds. The average molecular weight is 453 g/mol. The van der Waals surface area contributed by atoms with E-state index in [9.17, 15) is 9.59 Å². The molecule has 3 aromatic carbocycles. The quantitative estimate of drug-likeness (QED) is 0.414. The van der Waals surface area contributed by atoms with E-state index in [0.717, 1.165) is 28.2 Å². The molecular formula is C28H28N4O2. The SMILES string of the molecule is CC(C)N(C(=O)Cn1c(C2CC(=O)N(c3ccccc3)C2)nc2ccccc21)c1ccccc1. The van der Waals surface area contributed by atoms with Crippen molar-refractivity contribution in [1.82, 2.24) is 9.55 Å². The third-order valence-corrected chi connectivity index (χ3v) is 6.35. The van der Waals surface area contributed by atoms with Crippen LogP contribution in [0.1, 0.15) is 32.0 Å². The van der Waals surface area contributed by atoms with Crippen LogP contribution >= 0.6 is 0 Å². The predicted octanol–water partition coefficient (Wildman–Crippen LogP) is 5.00. The molecule has 4 aromatic rings. The number of rotatable bonds is 6. The maximum absolute atomic E-state index is 13.6. The molecule has 0 saturated carbocycles. The molecule has 0 N–H and O–H groups in total. The molecule has 0 bridgehead atoms. The molecule has 6 heteroatoms. The first-order valence-corrected chi connectivity index (χ1v) is 11.7. The van der Waals surface area contributed by atoms with Gasteiger partial charge in [-0.25, -0.2) is 4.98 Å². The summed E-state index contributed by atoms with van der Waals surface area (Å²) < 4.78 is 2.00. The van der Waals surface area contributed by atoms with E-state index in [2.05, 4.69) is 0 Å². The first-order chi connectivity index (χ1) is 16.5. The van der Waals surface area contributed by atoms with Crippen LogP contribution in [0, 0.1) is 0 Å². The first-order valence-electron chi connectivity index (χ1n) is 11.7. The summed E-state index contributed by atoms with van der Waals surface area (Å²) in [6.45, 7) is 4.75. The van der Waals surface area contributed by atoms with Gasteiger partial charge in [0.05, 0.1) is 11.0 Å². The highest BCUT2D eigenvalue weighted by Crippen LogP contribution is 2.33. The Balaban J connectivity index is 1.50. The molecule has 0 aliphatic carbocycles. The van der Waals surface area contributed by atoms with E-state index in [1.807, 2.05) is 113 Å². The zero-order valence-electron chi connectivity index (χ0n) is 19.5. The minimum Gasteiger partial charge on any atom is -0.318 e. The van der Waals surface area contributed by atoms with Crippen molar-refractivity contribution in [2.75, 3.05) is 16.3 Å². The molecular weight excluding hydrogens is 424 g/mol. The molecule has 1 unspecified atom stereocenters. The molecule has 1 aliphatic rings. The molecule has 1 aliphatic heterocycles. The van der Waals surface area contributed by atoms with E-state index in [-0.39, 0.29) is 30.3 Å². The predicted molar refractivity (Wildman–Crippen MR) is 135 cm³/mol. The van der Waals surface area contributed by atoms with Crippen molar-refractivity contribution in [3.05, 3.63) is 90.8 Å². The molecule has 172 valence electrons. The minimum absolute atomic E-state index is 0.00478. The highest BCUT2D eigenvalue weighted by molar-refractivity contribution is 5.97. The van der Waals surface area contributed by atoms with Crippen molar-refractivity contribution >= 4 is 34.2 Å². The van der Waals surface area contributed by atoms with Crippen LogP contribution in [0.25, 0.3) is 11.0 Å². The van der Waals surface area contributed by atoms with E-state index < -0.39 is 0 Å². The van der Waals surface area contributed by atoms with E-state index in [1.165, 1.54) is 0 Å². The maximum Gasteiger partial charge on any atom is 0.247 e. The monoisotopic (exact) mass is 452 g/mol. The fourth-order valence-electron chi connectivity index (χ4n) is 4.84. The third kappa shape index (κ3) is 4.07. The zero-order chi connectivity index (χ0) is 23.7. The van der Waals surface area contributed by atoms with Crippen LogP contribution in [0.3, 0.4) is 0 Å². The molecule has 2 heterocycles. The van der Waals surface area contributed by atoms with Gasteiger partial charge in [0.2, 0.25) is 11.8 Å². The normalized spacial score (nSPS) is 15.9. The van der Waals surface area contributed by atoms with Gasteiger partial charge in [-0.3, -0.25) is 9.59 Å². The second kappa shape index (κ2) is 9.14. The summed E-state index contributed by atoms with van der Waals surface area (Å²) in [5, 5.41) is 0. The maximum atomic E-state index is 13.6. The number of imidazole rings is 1. The van der Waals surface area contributed by atoms with Crippen LogP contribution in [-0.2, 0) is 16.1 Å². The lowest BCUT2D eigenvalue weighted by molar-refractivity contribution is -0.119. The summed E-state index contributed by atoms with van der Waals surface area (Å²) in [5.74, 6) is 0.777. The van der Waals surface area contributed by atoms with Gasteiger partial charge < -0.3 is 14.4 Å². The number of aromatic nitrogens is 2. The van der Waals surface area contributed by atoms with Gasteiger partial charge in [0.25, 0.3) is 0 Å². The molecule has 1 atom stereocenters. The molecule has 34 heavy (non-hydrogen) atoms. The smallest absolute Gasteiger partial charge is 0.247 e. The Hall–Kier alpha value is -3.93. The second-order valence-electron chi connectivity index (χ2n) is 8.98. The van der Waals surface area contributed by atoms with Crippen LogP contribution in [0.4, 0.5) is 11.4 Å². The Morgan fingerprint density at radius 2 is 1.62 bits per heavy atom. The van der Waals surface area contributed by atoms with E-state index in [0.29, 0.717) is 13.0 Å². The third-order valence-electron chi connectivity index (χ3n) is 6.35. The molecule has 6 nitrogen and oxygen atoms in total. The number of nitrogens with zero attached hydrogens (tertiary/aromatic N) is 4. The van der Waals surface area contributed by atoms with Gasteiger partial charge in [0, 0.05) is 36.3 Å². The van der Waals surface area contributed by atoms with Gasteiger partial charge in [-0.2, -0.15) is 0 Å². The summed E-state index contributed by atoms with van der Waals surface area (Å²) in [4.78, 5) is 35.1. The summed E-state index contributed by atoms with van der Waals surface area (Å²) in [6.07, 6.45) is 0.374. The number of hydrogen-bond acceptors (Lipinski definition) is 3. The summed E-state index contributed by atoms with van der Waals surface area (Å²) in [6, 6.07) is 27.3. The molecule has 5 rings (SSSR count). The Kier molecular flexibility index (Phi) is 5.88. The van der Waals surface area contributed by atoms with Crippen LogP contribution < -0.4 is 9.80 Å². The second-order valence-corrected chi connectivity index (χ2v) is 8.98. The average Bonchev–Trinajstić information content (AvgIpc) is 3.41. The Bertz CT molecular complexity index is 1310. The van der Waals surface area contributed by atoms with E-state index >= 15 is 0 Å². The van der Waals surface area contributed by atoms with Crippen molar-refractivity contribution in [2.24, 2.45) is 0 Å². The number of hydrogen-bond donors (Lipinski definition) is 0. The molecule has 1 fully saturated rings.